The van der Waals surface area contributed by atoms with Gasteiger partial charge in [-0.1, -0.05) is 13.0 Å². The van der Waals surface area contributed by atoms with Crippen molar-refractivity contribution >= 4 is 32.3 Å². The van der Waals surface area contributed by atoms with Crippen LogP contribution in [0, 0.1) is 0 Å². The lowest BCUT2D eigenvalue weighted by atomic mass is 10.3. The van der Waals surface area contributed by atoms with Crippen LogP contribution in [-0.2, 0) is 19.9 Å². The Hall–Kier alpha value is -0.670. The molecule has 1 aromatic rings. The molecule has 2 rings (SSSR count). The van der Waals surface area contributed by atoms with E-state index < -0.39 is 19.9 Å². The van der Waals surface area contributed by atoms with Gasteiger partial charge in [0.25, 0.3) is 0 Å². The lowest BCUT2D eigenvalue weighted by Crippen LogP contribution is -2.38. The minimum atomic E-state index is -3.68. The maximum absolute atomic E-state index is 12.6. The molecule has 1 aromatic carbocycles. The average molecular weight is 369 g/mol. The van der Waals surface area contributed by atoms with E-state index in [-0.39, 0.29) is 34.0 Å². The summed E-state index contributed by atoms with van der Waals surface area (Å²) < 4.78 is 50.3. The summed E-state index contributed by atoms with van der Waals surface area (Å²) in [5.41, 5.74) is 0. The van der Waals surface area contributed by atoms with Gasteiger partial charge in [0.05, 0.1) is 15.5 Å². The normalized spacial score (nSPS) is 19.1. The monoisotopic (exact) mass is 368 g/mol. The van der Waals surface area contributed by atoms with E-state index in [4.69, 9.17) is 0 Å². The van der Waals surface area contributed by atoms with Gasteiger partial charge in [0.1, 0.15) is 0 Å². The van der Waals surface area contributed by atoms with Gasteiger partial charge in [0, 0.05) is 19.6 Å². The molecule has 0 aromatic heterocycles. The zero-order valence-corrected chi connectivity index (χ0v) is 15.0. The SMILES string of the molecule is CCS(=O)(=O)c1cccc(S(=O)(=O)N(C)C2CCNC2)c1.Cl. The van der Waals surface area contributed by atoms with E-state index in [1.54, 1.807) is 0 Å². The van der Waals surface area contributed by atoms with Gasteiger partial charge >= 0.3 is 0 Å². The summed E-state index contributed by atoms with van der Waals surface area (Å²) in [6.07, 6.45) is 0.753. The van der Waals surface area contributed by atoms with Crippen LogP contribution in [0.4, 0.5) is 0 Å². The molecule has 0 spiro atoms. The summed E-state index contributed by atoms with van der Waals surface area (Å²) in [4.78, 5) is 0.0652. The van der Waals surface area contributed by atoms with Gasteiger partial charge in [-0.3, -0.25) is 0 Å². The van der Waals surface area contributed by atoms with Gasteiger partial charge in [-0.25, -0.2) is 16.8 Å². The standard InChI is InChI=1S/C13H20N2O4S2.ClH/c1-3-20(16,17)12-5-4-6-13(9-12)21(18,19)15(2)11-7-8-14-10-11;/h4-6,9,11,14H,3,7-8,10H2,1-2H3;1H. The molecule has 1 N–H and O–H groups in total. The Balaban J connectivity index is 0.00000242. The Morgan fingerprint density at radius 3 is 2.41 bits per heavy atom. The van der Waals surface area contributed by atoms with Crippen LogP contribution in [0.5, 0.6) is 0 Å². The van der Waals surface area contributed by atoms with Crippen molar-refractivity contribution in [2.45, 2.75) is 29.2 Å². The van der Waals surface area contributed by atoms with Crippen LogP contribution < -0.4 is 5.32 Å². The van der Waals surface area contributed by atoms with Crippen molar-refractivity contribution in [3.05, 3.63) is 24.3 Å². The van der Waals surface area contributed by atoms with Crippen molar-refractivity contribution in [1.29, 1.82) is 0 Å². The number of hydrogen-bond acceptors (Lipinski definition) is 5. The summed E-state index contributed by atoms with van der Waals surface area (Å²) in [6, 6.07) is 5.47. The number of rotatable bonds is 5. The molecule has 1 heterocycles. The Kier molecular flexibility index (Phi) is 6.40. The topological polar surface area (TPSA) is 83.5 Å². The number of sulfonamides is 1. The number of hydrogen-bond donors (Lipinski definition) is 1. The molecule has 1 aliphatic rings. The molecule has 0 saturated carbocycles. The molecule has 1 atom stereocenters. The van der Waals surface area contributed by atoms with Crippen LogP contribution in [0.1, 0.15) is 13.3 Å². The van der Waals surface area contributed by atoms with E-state index in [1.165, 1.54) is 42.5 Å². The third kappa shape index (κ3) is 3.80. The van der Waals surface area contributed by atoms with Gasteiger partial charge in [0.15, 0.2) is 9.84 Å². The molecule has 0 radical (unpaired) electrons. The maximum Gasteiger partial charge on any atom is 0.243 e. The molecule has 1 aliphatic heterocycles. The number of nitrogens with zero attached hydrogens (tertiary/aromatic N) is 1. The van der Waals surface area contributed by atoms with Gasteiger partial charge < -0.3 is 5.32 Å². The van der Waals surface area contributed by atoms with Crippen LogP contribution in [-0.4, -0.2) is 53.1 Å². The van der Waals surface area contributed by atoms with Crippen molar-refractivity contribution in [1.82, 2.24) is 9.62 Å². The second-order valence-corrected chi connectivity index (χ2v) is 9.32. The number of nitrogens with one attached hydrogen (secondary N) is 1. The van der Waals surface area contributed by atoms with E-state index in [2.05, 4.69) is 5.32 Å². The van der Waals surface area contributed by atoms with Gasteiger partial charge in [0.2, 0.25) is 10.0 Å². The van der Waals surface area contributed by atoms with Crippen LogP contribution in [0.3, 0.4) is 0 Å². The predicted molar refractivity (Wildman–Crippen MR) is 87.6 cm³/mol. The zero-order chi connectivity index (χ0) is 15.7. The first-order valence-electron chi connectivity index (χ1n) is 6.80. The summed E-state index contributed by atoms with van der Waals surface area (Å²) in [7, 11) is -5.57. The van der Waals surface area contributed by atoms with E-state index in [0.29, 0.717) is 6.54 Å². The summed E-state index contributed by atoms with van der Waals surface area (Å²) >= 11 is 0. The Bertz CT molecular complexity index is 713. The Labute approximate surface area is 138 Å². The molecule has 0 aliphatic carbocycles. The van der Waals surface area contributed by atoms with Crippen LogP contribution >= 0.6 is 12.4 Å². The fraction of sp³-hybridized carbons (Fsp3) is 0.538. The molecule has 1 unspecified atom stereocenters. The van der Waals surface area contributed by atoms with Crippen molar-refractivity contribution in [3.8, 4) is 0 Å². The summed E-state index contributed by atoms with van der Waals surface area (Å²) in [5.74, 6) is -0.0567. The first kappa shape index (κ1) is 19.4. The number of benzene rings is 1. The van der Waals surface area contributed by atoms with Crippen molar-refractivity contribution in [3.63, 3.8) is 0 Å². The van der Waals surface area contributed by atoms with Crippen LogP contribution in [0.25, 0.3) is 0 Å². The second-order valence-electron chi connectivity index (χ2n) is 5.05. The van der Waals surface area contributed by atoms with Crippen LogP contribution in [0.15, 0.2) is 34.1 Å². The molecule has 0 bridgehead atoms. The predicted octanol–water partition coefficient (Wildman–Crippen LogP) is 0.884. The minimum absolute atomic E-state index is 0. The molecule has 22 heavy (non-hydrogen) atoms. The van der Waals surface area contributed by atoms with Gasteiger partial charge in [-0.2, -0.15) is 4.31 Å². The molecular weight excluding hydrogens is 348 g/mol. The highest BCUT2D eigenvalue weighted by Crippen LogP contribution is 2.22. The molecular formula is C13H21ClN2O4S2. The highest BCUT2D eigenvalue weighted by Gasteiger charge is 2.30. The van der Waals surface area contributed by atoms with Crippen molar-refractivity contribution < 1.29 is 16.8 Å². The highest BCUT2D eigenvalue weighted by atomic mass is 35.5. The van der Waals surface area contributed by atoms with E-state index >= 15 is 0 Å². The molecule has 1 saturated heterocycles. The van der Waals surface area contributed by atoms with Crippen molar-refractivity contribution in [2.75, 3.05) is 25.9 Å². The number of halogens is 1. The molecule has 6 nitrogen and oxygen atoms in total. The third-order valence-electron chi connectivity index (χ3n) is 3.77. The highest BCUT2D eigenvalue weighted by molar-refractivity contribution is 7.91. The smallest absolute Gasteiger partial charge is 0.243 e. The zero-order valence-electron chi connectivity index (χ0n) is 12.5. The number of likely N-dealkylation sites (N-methyl/N-ethyl adjacent to an activating group) is 1. The van der Waals surface area contributed by atoms with Gasteiger partial charge in [-0.05, 0) is 31.2 Å². The van der Waals surface area contributed by atoms with Crippen LogP contribution in [0.2, 0.25) is 0 Å². The molecule has 9 heteroatoms. The quantitative estimate of drug-likeness (QED) is 0.834. The lowest BCUT2D eigenvalue weighted by Gasteiger charge is -2.23. The fourth-order valence-electron chi connectivity index (χ4n) is 2.31. The van der Waals surface area contributed by atoms with E-state index in [9.17, 15) is 16.8 Å². The molecule has 126 valence electrons. The summed E-state index contributed by atoms with van der Waals surface area (Å²) in [6.45, 7) is 2.93. The first-order chi connectivity index (χ1) is 9.79. The largest absolute Gasteiger partial charge is 0.315 e. The maximum atomic E-state index is 12.6. The van der Waals surface area contributed by atoms with E-state index in [0.717, 1.165) is 13.0 Å². The summed E-state index contributed by atoms with van der Waals surface area (Å²) in [5, 5.41) is 3.12. The van der Waals surface area contributed by atoms with Gasteiger partial charge in [-0.15, -0.1) is 12.4 Å². The Morgan fingerprint density at radius 2 is 1.86 bits per heavy atom. The third-order valence-corrected chi connectivity index (χ3v) is 7.41. The number of sulfone groups is 1. The molecule has 1 fully saturated rings. The Morgan fingerprint density at radius 1 is 1.23 bits per heavy atom. The molecule has 0 amide bonds. The second kappa shape index (κ2) is 7.27. The minimum Gasteiger partial charge on any atom is -0.315 e. The average Bonchev–Trinajstić information content (AvgIpc) is 3.00. The lowest BCUT2D eigenvalue weighted by molar-refractivity contribution is 0.387. The fourth-order valence-corrected chi connectivity index (χ4v) is 4.74. The van der Waals surface area contributed by atoms with Crippen molar-refractivity contribution in [2.24, 2.45) is 0 Å². The van der Waals surface area contributed by atoms with E-state index in [1.807, 2.05) is 0 Å². The first-order valence-corrected chi connectivity index (χ1v) is 9.90.